The van der Waals surface area contributed by atoms with Crippen LogP contribution in [0.2, 0.25) is 0 Å². The van der Waals surface area contributed by atoms with Crippen molar-refractivity contribution < 1.29 is 13.9 Å². The standard InChI is InChI=1S/C32H27FN4O2/c1-20-14-29-22(17-35-37(29)24-10-8-23(33)9-11-24)15-26(20)32-19-36(31(38)28-16-25(39-2)12-13-34-28)18-27(32)30(32)21-6-4-3-5-7-21/h3-17,27,30H,18-19H2,1-2H3/t27-,30-,32+/m1/s1. The number of fused-ring (bicyclic) bond motifs is 2. The summed E-state index contributed by atoms with van der Waals surface area (Å²) in [5, 5.41) is 5.65. The third-order valence-corrected chi connectivity index (χ3v) is 8.50. The molecule has 6 nitrogen and oxygen atoms in total. The Balaban J connectivity index is 1.29. The predicted molar refractivity (Wildman–Crippen MR) is 147 cm³/mol. The minimum absolute atomic E-state index is 0.0739. The molecule has 194 valence electrons. The molecule has 2 aromatic heterocycles. The number of hydrogen-bond donors (Lipinski definition) is 0. The van der Waals surface area contributed by atoms with Gasteiger partial charge in [-0.05, 0) is 72.0 Å². The molecule has 1 saturated carbocycles. The fourth-order valence-corrected chi connectivity index (χ4v) is 6.70. The maximum Gasteiger partial charge on any atom is 0.272 e. The lowest BCUT2D eigenvalue weighted by Gasteiger charge is -2.25. The highest BCUT2D eigenvalue weighted by Crippen LogP contribution is 2.69. The van der Waals surface area contributed by atoms with Crippen LogP contribution in [-0.4, -0.2) is 45.8 Å². The third kappa shape index (κ3) is 3.64. The van der Waals surface area contributed by atoms with Crippen molar-refractivity contribution in [1.29, 1.82) is 0 Å². The lowest BCUT2D eigenvalue weighted by atomic mass is 9.86. The van der Waals surface area contributed by atoms with E-state index in [0.717, 1.165) is 22.2 Å². The molecule has 7 heteroatoms. The molecule has 0 bridgehead atoms. The number of methoxy groups -OCH3 is 1. The predicted octanol–water partition coefficient (Wildman–Crippen LogP) is 5.68. The number of rotatable bonds is 5. The number of aryl methyl sites for hydroxylation is 1. The quantitative estimate of drug-likeness (QED) is 0.300. The average molecular weight is 519 g/mol. The van der Waals surface area contributed by atoms with Crippen LogP contribution in [0.25, 0.3) is 16.6 Å². The van der Waals surface area contributed by atoms with Crippen LogP contribution in [0.15, 0.2) is 91.3 Å². The number of carbonyl (C=O) groups excluding carboxylic acids is 1. The van der Waals surface area contributed by atoms with Gasteiger partial charge in [-0.2, -0.15) is 5.10 Å². The minimum Gasteiger partial charge on any atom is -0.497 e. The summed E-state index contributed by atoms with van der Waals surface area (Å²) in [6, 6.07) is 24.8. The monoisotopic (exact) mass is 518 g/mol. The topological polar surface area (TPSA) is 60.2 Å². The molecule has 3 heterocycles. The van der Waals surface area contributed by atoms with Crippen molar-refractivity contribution >= 4 is 16.8 Å². The van der Waals surface area contributed by atoms with E-state index in [1.54, 1.807) is 37.6 Å². The van der Waals surface area contributed by atoms with Gasteiger partial charge in [-0.25, -0.2) is 9.07 Å². The fraction of sp³-hybridized carbons (Fsp3) is 0.219. The molecule has 5 aromatic rings. The molecule has 0 unspecified atom stereocenters. The number of carbonyl (C=O) groups is 1. The van der Waals surface area contributed by atoms with Crippen molar-refractivity contribution in [3.63, 3.8) is 0 Å². The van der Waals surface area contributed by atoms with Crippen LogP contribution in [0.4, 0.5) is 4.39 Å². The molecule has 1 aliphatic carbocycles. The Bertz CT molecular complexity index is 1720. The van der Waals surface area contributed by atoms with E-state index in [0.29, 0.717) is 36.4 Å². The first-order valence-electron chi connectivity index (χ1n) is 13.1. The average Bonchev–Trinajstić information content (AvgIpc) is 3.23. The van der Waals surface area contributed by atoms with Crippen LogP contribution in [-0.2, 0) is 5.41 Å². The number of likely N-dealkylation sites (tertiary alicyclic amines) is 1. The van der Waals surface area contributed by atoms with E-state index in [-0.39, 0.29) is 17.1 Å². The van der Waals surface area contributed by atoms with Crippen LogP contribution < -0.4 is 4.74 Å². The summed E-state index contributed by atoms with van der Waals surface area (Å²) >= 11 is 0. The molecule has 0 radical (unpaired) electrons. The second kappa shape index (κ2) is 8.76. The third-order valence-electron chi connectivity index (χ3n) is 8.50. The number of nitrogens with zero attached hydrogens (tertiary/aromatic N) is 4. The van der Waals surface area contributed by atoms with Crippen molar-refractivity contribution in [2.45, 2.75) is 18.3 Å². The summed E-state index contributed by atoms with van der Waals surface area (Å²) in [7, 11) is 1.59. The van der Waals surface area contributed by atoms with Crippen molar-refractivity contribution in [2.75, 3.05) is 20.2 Å². The van der Waals surface area contributed by atoms with Crippen LogP contribution >= 0.6 is 0 Å². The van der Waals surface area contributed by atoms with Gasteiger partial charge in [0.2, 0.25) is 0 Å². The molecule has 2 fully saturated rings. The SMILES string of the molecule is COc1ccnc(C(=O)N2C[C@@H]3[C@@H](c4ccccc4)[C@]3(c3cc4cnn(-c5ccc(F)cc5)c4cc3C)C2)c1. The summed E-state index contributed by atoms with van der Waals surface area (Å²) in [5.74, 6) is 0.898. The summed E-state index contributed by atoms with van der Waals surface area (Å²) in [6.07, 6.45) is 3.48. The second-order valence-corrected chi connectivity index (χ2v) is 10.6. The zero-order valence-electron chi connectivity index (χ0n) is 21.7. The Labute approximate surface area is 225 Å². The van der Waals surface area contributed by atoms with E-state index in [2.05, 4.69) is 53.4 Å². The first-order chi connectivity index (χ1) is 19.0. The molecule has 39 heavy (non-hydrogen) atoms. The maximum absolute atomic E-state index is 13.5. The van der Waals surface area contributed by atoms with Crippen LogP contribution in [0.1, 0.15) is 33.1 Å². The second-order valence-electron chi connectivity index (χ2n) is 10.6. The van der Waals surface area contributed by atoms with Crippen LogP contribution in [0.5, 0.6) is 5.75 Å². The molecule has 7 rings (SSSR count). The Morgan fingerprint density at radius 1 is 1.05 bits per heavy atom. The number of pyridine rings is 1. The summed E-state index contributed by atoms with van der Waals surface area (Å²) < 4.78 is 20.7. The lowest BCUT2D eigenvalue weighted by molar-refractivity contribution is 0.0763. The Hall–Kier alpha value is -4.52. The number of ether oxygens (including phenoxy) is 1. The summed E-state index contributed by atoms with van der Waals surface area (Å²) in [5.41, 5.74) is 5.70. The first kappa shape index (κ1) is 23.6. The van der Waals surface area contributed by atoms with E-state index in [1.807, 2.05) is 21.8 Å². The molecule has 1 amide bonds. The molecule has 0 N–H and O–H groups in total. The van der Waals surface area contributed by atoms with Gasteiger partial charge in [0.1, 0.15) is 17.3 Å². The summed E-state index contributed by atoms with van der Waals surface area (Å²) in [6.45, 7) is 3.42. The number of aromatic nitrogens is 3. The van der Waals surface area contributed by atoms with Gasteiger partial charge >= 0.3 is 0 Å². The van der Waals surface area contributed by atoms with E-state index < -0.39 is 0 Å². The highest BCUT2D eigenvalue weighted by molar-refractivity contribution is 5.93. The largest absolute Gasteiger partial charge is 0.497 e. The van der Waals surface area contributed by atoms with Gasteiger partial charge < -0.3 is 9.64 Å². The Morgan fingerprint density at radius 2 is 1.85 bits per heavy atom. The zero-order valence-corrected chi connectivity index (χ0v) is 21.7. The highest BCUT2D eigenvalue weighted by Gasteiger charge is 2.71. The van der Waals surface area contributed by atoms with Gasteiger partial charge in [0.25, 0.3) is 5.91 Å². The molecule has 2 aliphatic rings. The smallest absolute Gasteiger partial charge is 0.272 e. The van der Waals surface area contributed by atoms with E-state index in [4.69, 9.17) is 4.74 Å². The molecular formula is C32H27FN4O2. The van der Waals surface area contributed by atoms with Crippen LogP contribution in [0, 0.1) is 18.7 Å². The Kier molecular flexibility index (Phi) is 5.30. The fourth-order valence-electron chi connectivity index (χ4n) is 6.70. The molecule has 3 aromatic carbocycles. The number of hydrogen-bond acceptors (Lipinski definition) is 4. The van der Waals surface area contributed by atoms with Crippen molar-refractivity contribution in [3.8, 4) is 11.4 Å². The molecular weight excluding hydrogens is 491 g/mol. The van der Waals surface area contributed by atoms with Gasteiger partial charge in [0.15, 0.2) is 0 Å². The minimum atomic E-state index is -0.274. The zero-order chi connectivity index (χ0) is 26.7. The van der Waals surface area contributed by atoms with Gasteiger partial charge in [0.05, 0.1) is 24.5 Å². The maximum atomic E-state index is 13.5. The lowest BCUT2D eigenvalue weighted by Crippen LogP contribution is -2.35. The van der Waals surface area contributed by atoms with Gasteiger partial charge in [-0.15, -0.1) is 0 Å². The Morgan fingerprint density at radius 3 is 2.62 bits per heavy atom. The number of amides is 1. The first-order valence-corrected chi connectivity index (χ1v) is 13.1. The van der Waals surface area contributed by atoms with E-state index in [9.17, 15) is 9.18 Å². The van der Waals surface area contributed by atoms with Gasteiger partial charge in [-0.3, -0.25) is 9.78 Å². The molecule has 1 aliphatic heterocycles. The summed E-state index contributed by atoms with van der Waals surface area (Å²) in [4.78, 5) is 19.8. The number of halogens is 1. The van der Waals surface area contributed by atoms with Gasteiger partial charge in [0, 0.05) is 42.1 Å². The van der Waals surface area contributed by atoms with Crippen molar-refractivity contribution in [2.24, 2.45) is 5.92 Å². The van der Waals surface area contributed by atoms with E-state index >= 15 is 0 Å². The number of benzene rings is 3. The van der Waals surface area contributed by atoms with Crippen LogP contribution in [0.3, 0.4) is 0 Å². The van der Waals surface area contributed by atoms with E-state index in [1.165, 1.54) is 23.3 Å². The number of piperidine rings is 1. The molecule has 3 atom stereocenters. The van der Waals surface area contributed by atoms with Crippen molar-refractivity contribution in [3.05, 3.63) is 119 Å². The van der Waals surface area contributed by atoms with Crippen molar-refractivity contribution in [1.82, 2.24) is 19.7 Å². The molecule has 1 saturated heterocycles. The van der Waals surface area contributed by atoms with Gasteiger partial charge in [-0.1, -0.05) is 30.3 Å². The highest BCUT2D eigenvalue weighted by atomic mass is 19.1. The molecule has 0 spiro atoms. The normalized spacial score (nSPS) is 21.7.